The molecule has 0 saturated carbocycles. The quantitative estimate of drug-likeness (QED) is 0.868. The van der Waals surface area contributed by atoms with Crippen molar-refractivity contribution in [3.63, 3.8) is 0 Å². The molecule has 1 aliphatic rings. The summed E-state index contributed by atoms with van der Waals surface area (Å²) in [6.45, 7) is 3.27. The molecule has 0 bridgehead atoms. The first-order valence-corrected chi connectivity index (χ1v) is 6.87. The Hall–Kier alpha value is -0.640. The molecule has 1 saturated heterocycles. The molecule has 0 amide bonds. The molecule has 0 radical (unpaired) electrons. The van der Waals surface area contributed by atoms with E-state index < -0.39 is 0 Å². The molecule has 1 aromatic rings. The van der Waals surface area contributed by atoms with E-state index in [1.807, 2.05) is 7.05 Å². The van der Waals surface area contributed by atoms with Crippen LogP contribution in [0.4, 0.5) is 11.4 Å². The van der Waals surface area contributed by atoms with Gasteiger partial charge in [-0.25, -0.2) is 0 Å². The molecule has 5 heteroatoms. The zero-order valence-electron chi connectivity index (χ0n) is 10.8. The van der Waals surface area contributed by atoms with E-state index in [0.29, 0.717) is 21.7 Å². The Morgan fingerprint density at radius 1 is 1.39 bits per heavy atom. The molecule has 18 heavy (non-hydrogen) atoms. The first-order chi connectivity index (χ1) is 8.47. The Morgan fingerprint density at radius 2 is 2.00 bits per heavy atom. The molecule has 1 heterocycles. The van der Waals surface area contributed by atoms with Crippen LogP contribution in [0.25, 0.3) is 0 Å². The number of halogens is 2. The molecular weight excluding hydrogens is 269 g/mol. The Kier molecular flexibility index (Phi) is 4.25. The van der Waals surface area contributed by atoms with E-state index in [1.165, 1.54) is 13.0 Å². The van der Waals surface area contributed by atoms with Crippen LogP contribution in [0.5, 0.6) is 0 Å². The van der Waals surface area contributed by atoms with Crippen LogP contribution in [-0.2, 0) is 0 Å². The Bertz CT molecular complexity index is 413. The molecule has 1 aliphatic heterocycles. The molecule has 0 spiro atoms. The molecule has 3 nitrogen and oxygen atoms in total. The Labute approximate surface area is 118 Å². The third kappa shape index (κ3) is 3.02. The number of anilines is 2. The summed E-state index contributed by atoms with van der Waals surface area (Å²) in [7, 11) is 4.19. The fourth-order valence-corrected chi connectivity index (χ4v) is 3.40. The monoisotopic (exact) mass is 287 g/mol. The van der Waals surface area contributed by atoms with Gasteiger partial charge in [0.15, 0.2) is 0 Å². The van der Waals surface area contributed by atoms with Gasteiger partial charge in [0.2, 0.25) is 0 Å². The van der Waals surface area contributed by atoms with Gasteiger partial charge in [0.1, 0.15) is 0 Å². The Balaban J connectivity index is 2.11. The molecule has 0 aliphatic carbocycles. The van der Waals surface area contributed by atoms with Crippen LogP contribution >= 0.6 is 23.2 Å². The molecule has 1 unspecified atom stereocenters. The van der Waals surface area contributed by atoms with Gasteiger partial charge in [-0.15, -0.1) is 0 Å². The third-order valence-electron chi connectivity index (χ3n) is 3.44. The van der Waals surface area contributed by atoms with Gasteiger partial charge in [-0.2, -0.15) is 0 Å². The lowest BCUT2D eigenvalue weighted by molar-refractivity contribution is 0.396. The normalized spacial score (nSPS) is 20.3. The number of nitrogens with two attached hydrogens (primary N) is 1. The van der Waals surface area contributed by atoms with E-state index in [2.05, 4.69) is 16.8 Å². The summed E-state index contributed by atoms with van der Waals surface area (Å²) in [6, 6.07) is 3.50. The summed E-state index contributed by atoms with van der Waals surface area (Å²) in [6.07, 6.45) is 1.23. The smallest absolute Gasteiger partial charge is 0.0744 e. The molecular formula is C13H19Cl2N3. The second-order valence-corrected chi connectivity index (χ2v) is 5.95. The predicted molar refractivity (Wildman–Crippen MR) is 79.7 cm³/mol. The lowest BCUT2D eigenvalue weighted by atomic mass is 10.1. The van der Waals surface area contributed by atoms with Crippen molar-refractivity contribution in [3.8, 4) is 0 Å². The number of benzene rings is 1. The fourth-order valence-electron chi connectivity index (χ4n) is 2.60. The fraction of sp³-hybridized carbons (Fsp3) is 0.538. The highest BCUT2D eigenvalue weighted by atomic mass is 35.5. The molecule has 1 aromatic carbocycles. The maximum atomic E-state index is 6.23. The Morgan fingerprint density at radius 3 is 2.50 bits per heavy atom. The maximum Gasteiger partial charge on any atom is 0.0744 e. The molecule has 2 rings (SSSR count). The minimum atomic E-state index is 0.600. The first-order valence-electron chi connectivity index (χ1n) is 6.11. The van der Waals surface area contributed by atoms with Crippen LogP contribution in [0, 0.1) is 5.92 Å². The summed E-state index contributed by atoms with van der Waals surface area (Å²) in [4.78, 5) is 4.48. The number of likely N-dealkylation sites (tertiary alicyclic amines) is 1. The summed E-state index contributed by atoms with van der Waals surface area (Å²) >= 11 is 12.5. The van der Waals surface area contributed by atoms with Gasteiger partial charge in [-0.1, -0.05) is 23.2 Å². The van der Waals surface area contributed by atoms with Gasteiger partial charge < -0.3 is 15.5 Å². The minimum absolute atomic E-state index is 0.600. The highest BCUT2D eigenvalue weighted by Gasteiger charge is 2.22. The third-order valence-corrected chi connectivity index (χ3v) is 4.02. The average molecular weight is 288 g/mol. The van der Waals surface area contributed by atoms with Gasteiger partial charge in [0.25, 0.3) is 0 Å². The molecule has 2 N–H and O–H groups in total. The highest BCUT2D eigenvalue weighted by Crippen LogP contribution is 2.36. The van der Waals surface area contributed by atoms with E-state index in [-0.39, 0.29) is 0 Å². The van der Waals surface area contributed by atoms with Crippen LogP contribution < -0.4 is 10.6 Å². The topological polar surface area (TPSA) is 32.5 Å². The zero-order valence-corrected chi connectivity index (χ0v) is 12.3. The van der Waals surface area contributed by atoms with Crippen molar-refractivity contribution in [1.29, 1.82) is 0 Å². The van der Waals surface area contributed by atoms with Gasteiger partial charge in [-0.3, -0.25) is 0 Å². The SMILES string of the molecule is CN1CCC(CN(C)c2c(Cl)cc(N)cc2Cl)C1. The second kappa shape index (κ2) is 5.55. The number of nitrogen functional groups attached to an aromatic ring is 1. The average Bonchev–Trinajstić information content (AvgIpc) is 2.62. The zero-order chi connectivity index (χ0) is 13.3. The molecule has 1 fully saturated rings. The van der Waals surface area contributed by atoms with Gasteiger partial charge in [0, 0.05) is 25.8 Å². The first kappa shape index (κ1) is 13.8. The van der Waals surface area contributed by atoms with Crippen LogP contribution in [0.1, 0.15) is 6.42 Å². The van der Waals surface area contributed by atoms with Crippen molar-refractivity contribution in [2.45, 2.75) is 6.42 Å². The molecule has 1 atom stereocenters. The van der Waals surface area contributed by atoms with Crippen LogP contribution in [-0.4, -0.2) is 38.6 Å². The van der Waals surface area contributed by atoms with E-state index >= 15 is 0 Å². The standard InChI is InChI=1S/C13H19Cl2N3/c1-17-4-3-9(7-17)8-18(2)13-11(14)5-10(16)6-12(13)15/h5-6,9H,3-4,7-8,16H2,1-2H3. The van der Waals surface area contributed by atoms with E-state index in [1.54, 1.807) is 12.1 Å². The number of rotatable bonds is 3. The largest absolute Gasteiger partial charge is 0.399 e. The van der Waals surface area contributed by atoms with E-state index in [4.69, 9.17) is 28.9 Å². The highest BCUT2D eigenvalue weighted by molar-refractivity contribution is 6.39. The summed E-state index contributed by atoms with van der Waals surface area (Å²) in [5, 5.41) is 1.24. The molecule has 100 valence electrons. The van der Waals surface area contributed by atoms with Gasteiger partial charge in [0.05, 0.1) is 15.7 Å². The summed E-state index contributed by atoms with van der Waals surface area (Å²) < 4.78 is 0. The van der Waals surface area contributed by atoms with Crippen molar-refractivity contribution in [1.82, 2.24) is 4.90 Å². The second-order valence-electron chi connectivity index (χ2n) is 5.13. The van der Waals surface area contributed by atoms with Crippen molar-refractivity contribution < 1.29 is 0 Å². The lowest BCUT2D eigenvalue weighted by Crippen LogP contribution is -2.27. The van der Waals surface area contributed by atoms with Crippen LogP contribution in [0.3, 0.4) is 0 Å². The van der Waals surface area contributed by atoms with Gasteiger partial charge in [-0.05, 0) is 38.1 Å². The maximum absolute atomic E-state index is 6.23. The van der Waals surface area contributed by atoms with Crippen LogP contribution in [0.15, 0.2) is 12.1 Å². The van der Waals surface area contributed by atoms with Crippen molar-refractivity contribution >= 4 is 34.6 Å². The molecule has 0 aromatic heterocycles. The van der Waals surface area contributed by atoms with Gasteiger partial charge >= 0.3 is 0 Å². The van der Waals surface area contributed by atoms with E-state index in [0.717, 1.165) is 18.8 Å². The number of nitrogens with zero attached hydrogens (tertiary/aromatic N) is 2. The summed E-state index contributed by atoms with van der Waals surface area (Å²) in [5.74, 6) is 0.671. The van der Waals surface area contributed by atoms with Crippen molar-refractivity contribution in [2.75, 3.05) is 44.4 Å². The lowest BCUT2D eigenvalue weighted by Gasteiger charge is -2.25. The summed E-state index contributed by atoms with van der Waals surface area (Å²) in [5.41, 5.74) is 7.19. The number of hydrogen-bond donors (Lipinski definition) is 1. The van der Waals surface area contributed by atoms with Crippen molar-refractivity contribution in [2.24, 2.45) is 5.92 Å². The predicted octanol–water partition coefficient (Wildman–Crippen LogP) is 2.96. The van der Waals surface area contributed by atoms with E-state index in [9.17, 15) is 0 Å². The minimum Gasteiger partial charge on any atom is -0.399 e. The number of hydrogen-bond acceptors (Lipinski definition) is 3. The van der Waals surface area contributed by atoms with Crippen LogP contribution in [0.2, 0.25) is 10.0 Å². The van der Waals surface area contributed by atoms with Crippen molar-refractivity contribution in [3.05, 3.63) is 22.2 Å².